The summed E-state index contributed by atoms with van der Waals surface area (Å²) < 4.78 is 5.84. The monoisotopic (exact) mass is 310 g/mol. The Kier molecular flexibility index (Phi) is 3.61. The number of hydrogen-bond donors (Lipinski definition) is 1. The summed E-state index contributed by atoms with van der Waals surface area (Å²) in [5.74, 6) is 1.84. The van der Waals surface area contributed by atoms with Gasteiger partial charge in [-0.05, 0) is 36.0 Å². The van der Waals surface area contributed by atoms with Crippen molar-refractivity contribution in [1.29, 1.82) is 5.26 Å². The van der Waals surface area contributed by atoms with Crippen LogP contribution < -0.4 is 5.32 Å². The molecule has 0 aromatic heterocycles. The number of benzene rings is 1. The third kappa shape index (κ3) is 2.64. The molecule has 3 fully saturated rings. The molecule has 1 aromatic rings. The van der Waals surface area contributed by atoms with Gasteiger partial charge in [0.1, 0.15) is 5.60 Å². The van der Waals surface area contributed by atoms with Crippen molar-refractivity contribution in [2.75, 3.05) is 13.2 Å². The lowest BCUT2D eigenvalue weighted by atomic mass is 9.81. The van der Waals surface area contributed by atoms with Crippen molar-refractivity contribution in [3.05, 3.63) is 35.4 Å². The Morgan fingerprint density at radius 1 is 1.43 bits per heavy atom. The van der Waals surface area contributed by atoms with E-state index in [1.807, 2.05) is 18.2 Å². The molecule has 3 aliphatic rings. The summed E-state index contributed by atoms with van der Waals surface area (Å²) in [5.41, 5.74) is 1.19. The highest BCUT2D eigenvalue weighted by Crippen LogP contribution is 2.51. The Morgan fingerprint density at radius 3 is 2.87 bits per heavy atom. The third-order valence-corrected chi connectivity index (χ3v) is 5.88. The van der Waals surface area contributed by atoms with Gasteiger partial charge in [0.05, 0.1) is 24.8 Å². The molecule has 1 aliphatic heterocycles. The van der Waals surface area contributed by atoms with Crippen LogP contribution in [-0.4, -0.2) is 19.1 Å². The quantitative estimate of drug-likeness (QED) is 0.909. The van der Waals surface area contributed by atoms with Crippen molar-refractivity contribution in [3.63, 3.8) is 0 Å². The van der Waals surface area contributed by atoms with Gasteiger partial charge < -0.3 is 10.1 Å². The zero-order valence-corrected chi connectivity index (χ0v) is 13.3. The van der Waals surface area contributed by atoms with E-state index in [1.54, 1.807) is 6.07 Å². The lowest BCUT2D eigenvalue weighted by Gasteiger charge is -2.42. The lowest BCUT2D eigenvalue weighted by Crippen LogP contribution is -2.50. The molecule has 1 N–H and O–H groups in total. The summed E-state index contributed by atoms with van der Waals surface area (Å²) in [6.45, 7) is 1.22. The topological polar surface area (TPSA) is 62.1 Å². The van der Waals surface area contributed by atoms with Gasteiger partial charge in [-0.25, -0.2) is 0 Å². The van der Waals surface area contributed by atoms with Gasteiger partial charge in [-0.2, -0.15) is 5.26 Å². The first kappa shape index (κ1) is 14.7. The SMILES string of the molecule is N#Cc1cccc([C@]2(CNC(=O)[C@H]3C[C@@H]3C3CCC3)CCO2)c1. The van der Waals surface area contributed by atoms with Crippen molar-refractivity contribution < 1.29 is 9.53 Å². The van der Waals surface area contributed by atoms with Crippen LogP contribution in [0.3, 0.4) is 0 Å². The van der Waals surface area contributed by atoms with E-state index in [1.165, 1.54) is 19.3 Å². The molecule has 1 saturated heterocycles. The largest absolute Gasteiger partial charge is 0.368 e. The number of nitrogens with one attached hydrogen (secondary N) is 1. The number of ether oxygens (including phenoxy) is 1. The summed E-state index contributed by atoms with van der Waals surface area (Å²) in [5, 5.41) is 12.2. The molecular formula is C19H22N2O2. The van der Waals surface area contributed by atoms with Gasteiger partial charge in [-0.3, -0.25) is 4.79 Å². The molecule has 2 aliphatic carbocycles. The van der Waals surface area contributed by atoms with Crippen molar-refractivity contribution in [2.24, 2.45) is 17.8 Å². The molecule has 3 atom stereocenters. The van der Waals surface area contributed by atoms with E-state index in [2.05, 4.69) is 11.4 Å². The minimum atomic E-state index is -0.441. The van der Waals surface area contributed by atoms with Gasteiger partial charge in [-0.15, -0.1) is 0 Å². The van der Waals surface area contributed by atoms with Crippen LogP contribution in [0.2, 0.25) is 0 Å². The van der Waals surface area contributed by atoms with E-state index in [4.69, 9.17) is 10.00 Å². The van der Waals surface area contributed by atoms with Gasteiger partial charge in [0.2, 0.25) is 5.91 Å². The number of amides is 1. The van der Waals surface area contributed by atoms with Gasteiger partial charge in [-0.1, -0.05) is 31.4 Å². The van der Waals surface area contributed by atoms with Crippen LogP contribution in [0.4, 0.5) is 0 Å². The van der Waals surface area contributed by atoms with E-state index < -0.39 is 5.60 Å². The van der Waals surface area contributed by atoms with Crippen molar-refractivity contribution >= 4 is 5.91 Å². The zero-order chi connectivity index (χ0) is 15.9. The fourth-order valence-electron chi connectivity index (χ4n) is 3.96. The standard InChI is InChI=1S/C19H22N2O2/c20-11-13-3-1-6-15(9-13)19(7-8-23-19)12-21-18(22)17-10-16(17)14-4-2-5-14/h1,3,6,9,14,16-17H,2,4-5,7-8,10,12H2,(H,21,22)/t16-,17+,19-/m1/s1. The molecule has 4 heteroatoms. The zero-order valence-electron chi connectivity index (χ0n) is 13.3. The van der Waals surface area contributed by atoms with Crippen LogP contribution in [0, 0.1) is 29.1 Å². The highest BCUT2D eigenvalue weighted by atomic mass is 16.5. The Hall–Kier alpha value is -1.86. The molecule has 2 saturated carbocycles. The molecule has 1 heterocycles. The Bertz CT molecular complexity index is 656. The fourth-order valence-corrected chi connectivity index (χ4v) is 3.96. The second kappa shape index (κ2) is 5.65. The number of nitrogens with zero attached hydrogens (tertiary/aromatic N) is 1. The smallest absolute Gasteiger partial charge is 0.223 e. The summed E-state index contributed by atoms with van der Waals surface area (Å²) in [7, 11) is 0. The van der Waals surface area contributed by atoms with E-state index in [0.29, 0.717) is 24.6 Å². The number of carbonyl (C=O) groups is 1. The first-order chi connectivity index (χ1) is 11.2. The van der Waals surface area contributed by atoms with E-state index in [-0.39, 0.29) is 11.8 Å². The normalized spacial score (nSPS) is 32.3. The third-order valence-electron chi connectivity index (χ3n) is 5.88. The molecule has 0 radical (unpaired) electrons. The molecule has 1 aromatic carbocycles. The number of carbonyl (C=O) groups excluding carboxylic acids is 1. The summed E-state index contributed by atoms with van der Waals surface area (Å²) in [6, 6.07) is 9.71. The van der Waals surface area contributed by atoms with Crippen LogP contribution in [0.15, 0.2) is 24.3 Å². The van der Waals surface area contributed by atoms with Crippen LogP contribution in [0.5, 0.6) is 0 Å². The molecule has 4 nitrogen and oxygen atoms in total. The molecule has 4 rings (SSSR count). The predicted molar refractivity (Wildman–Crippen MR) is 85.4 cm³/mol. The summed E-state index contributed by atoms with van der Waals surface area (Å²) >= 11 is 0. The Morgan fingerprint density at radius 2 is 2.26 bits per heavy atom. The Labute approximate surface area is 136 Å². The van der Waals surface area contributed by atoms with Crippen molar-refractivity contribution in [3.8, 4) is 6.07 Å². The van der Waals surface area contributed by atoms with Gasteiger partial charge >= 0.3 is 0 Å². The maximum atomic E-state index is 12.4. The molecule has 0 spiro atoms. The summed E-state index contributed by atoms with van der Waals surface area (Å²) in [4.78, 5) is 12.4. The predicted octanol–water partition coefficient (Wildman–Crippen LogP) is 2.73. The number of hydrogen-bond acceptors (Lipinski definition) is 3. The maximum Gasteiger partial charge on any atom is 0.223 e. The van der Waals surface area contributed by atoms with Gasteiger partial charge in [0.15, 0.2) is 0 Å². The average molecular weight is 310 g/mol. The van der Waals surface area contributed by atoms with E-state index >= 15 is 0 Å². The minimum Gasteiger partial charge on any atom is -0.368 e. The lowest BCUT2D eigenvalue weighted by molar-refractivity contribution is -0.155. The fraction of sp³-hybridized carbons (Fsp3) is 0.579. The molecule has 23 heavy (non-hydrogen) atoms. The second-order valence-corrected chi connectivity index (χ2v) is 7.20. The maximum absolute atomic E-state index is 12.4. The average Bonchev–Trinajstić information content (AvgIpc) is 3.24. The van der Waals surface area contributed by atoms with E-state index in [9.17, 15) is 4.79 Å². The molecular weight excluding hydrogens is 288 g/mol. The molecule has 0 unspecified atom stereocenters. The summed E-state index contributed by atoms with van der Waals surface area (Å²) in [6.07, 6.45) is 5.90. The van der Waals surface area contributed by atoms with Gasteiger partial charge in [0, 0.05) is 12.3 Å². The van der Waals surface area contributed by atoms with Crippen molar-refractivity contribution in [2.45, 2.75) is 37.7 Å². The van der Waals surface area contributed by atoms with Crippen LogP contribution in [0.25, 0.3) is 0 Å². The number of rotatable bonds is 5. The van der Waals surface area contributed by atoms with Crippen LogP contribution in [-0.2, 0) is 15.1 Å². The second-order valence-electron chi connectivity index (χ2n) is 7.20. The Balaban J connectivity index is 1.38. The number of nitriles is 1. The molecule has 0 bridgehead atoms. The first-order valence-corrected chi connectivity index (χ1v) is 8.64. The van der Waals surface area contributed by atoms with Crippen LogP contribution >= 0.6 is 0 Å². The first-order valence-electron chi connectivity index (χ1n) is 8.64. The van der Waals surface area contributed by atoms with Crippen LogP contribution in [0.1, 0.15) is 43.2 Å². The minimum absolute atomic E-state index is 0.188. The highest BCUT2D eigenvalue weighted by molar-refractivity contribution is 5.81. The highest BCUT2D eigenvalue weighted by Gasteiger charge is 2.49. The van der Waals surface area contributed by atoms with E-state index in [0.717, 1.165) is 24.3 Å². The molecule has 120 valence electrons. The van der Waals surface area contributed by atoms with Gasteiger partial charge in [0.25, 0.3) is 0 Å². The van der Waals surface area contributed by atoms with Crippen molar-refractivity contribution in [1.82, 2.24) is 5.32 Å². The molecule has 1 amide bonds.